The predicted molar refractivity (Wildman–Crippen MR) is 144 cm³/mol. The smallest absolute Gasteiger partial charge is 0.407 e. The maximum Gasteiger partial charge on any atom is 0.407 e. The fraction of sp³-hybridized carbons (Fsp3) is 0.286. The first-order chi connectivity index (χ1) is 17.9. The van der Waals surface area contributed by atoms with E-state index in [2.05, 4.69) is 10.3 Å². The van der Waals surface area contributed by atoms with Crippen LogP contribution in [-0.2, 0) is 21.1 Å². The standard InChI is InChI=1S/C28H31N3O6S/c1-6-38(34,35)21-11-12-25(24(16-21)23-15-18(2)31(33)26-22(23)13-14-29-26)36-20-9-7-19(8-10-20)17-30-27(32)37-28(3,4)5/h7-16,33H,6,17H2,1-5H3,(H,30,32). The summed E-state index contributed by atoms with van der Waals surface area (Å²) >= 11 is 0. The van der Waals surface area contributed by atoms with E-state index in [0.717, 1.165) is 10.3 Å². The van der Waals surface area contributed by atoms with E-state index in [-0.39, 0.29) is 17.2 Å². The monoisotopic (exact) mass is 537 g/mol. The zero-order valence-corrected chi connectivity index (χ0v) is 22.8. The van der Waals surface area contributed by atoms with Crippen LogP contribution < -0.4 is 10.1 Å². The van der Waals surface area contributed by atoms with Crippen molar-refractivity contribution in [3.8, 4) is 34.0 Å². The maximum atomic E-state index is 12.7. The molecule has 0 saturated heterocycles. The number of carbonyl (C=O) groups excluding carboxylic acids is 1. The van der Waals surface area contributed by atoms with Gasteiger partial charge in [0.25, 0.3) is 0 Å². The van der Waals surface area contributed by atoms with Crippen molar-refractivity contribution in [3.63, 3.8) is 0 Å². The van der Waals surface area contributed by atoms with Crippen LogP contribution in [0.4, 0.5) is 4.79 Å². The van der Waals surface area contributed by atoms with Gasteiger partial charge in [0.05, 0.1) is 16.3 Å². The van der Waals surface area contributed by atoms with Crippen LogP contribution in [-0.4, -0.2) is 40.8 Å². The highest BCUT2D eigenvalue weighted by atomic mass is 32.2. The number of hydrogen-bond acceptors (Lipinski definition) is 7. The van der Waals surface area contributed by atoms with E-state index in [0.29, 0.717) is 39.7 Å². The number of sulfone groups is 1. The number of alkyl carbamates (subject to hydrolysis) is 1. The Balaban J connectivity index is 1.66. The van der Waals surface area contributed by atoms with Gasteiger partial charge in [-0.15, -0.1) is 0 Å². The van der Waals surface area contributed by atoms with Crippen LogP contribution >= 0.6 is 0 Å². The molecular weight excluding hydrogens is 506 g/mol. The quantitative estimate of drug-likeness (QED) is 0.285. The summed E-state index contributed by atoms with van der Waals surface area (Å²) in [6.45, 7) is 9.02. The fourth-order valence-corrected chi connectivity index (χ4v) is 4.81. The Kier molecular flexibility index (Phi) is 7.37. The average Bonchev–Trinajstić information content (AvgIpc) is 3.35. The number of ether oxygens (including phenoxy) is 2. The van der Waals surface area contributed by atoms with Gasteiger partial charge < -0.3 is 20.0 Å². The highest BCUT2D eigenvalue weighted by Gasteiger charge is 2.22. The minimum atomic E-state index is -3.48. The molecule has 38 heavy (non-hydrogen) atoms. The number of aryl methyl sites for hydroxylation is 1. The molecule has 0 fully saturated rings. The lowest BCUT2D eigenvalue weighted by atomic mass is 9.98. The molecule has 10 heteroatoms. The third-order valence-electron chi connectivity index (χ3n) is 5.82. The molecule has 0 aromatic heterocycles. The van der Waals surface area contributed by atoms with Crippen molar-refractivity contribution in [2.75, 3.05) is 5.75 Å². The second-order valence-corrected chi connectivity index (χ2v) is 12.1. The van der Waals surface area contributed by atoms with Gasteiger partial charge in [0.1, 0.15) is 17.1 Å². The van der Waals surface area contributed by atoms with Crippen molar-refractivity contribution >= 4 is 15.9 Å². The molecule has 9 nitrogen and oxygen atoms in total. The number of benzene rings is 2. The maximum absolute atomic E-state index is 12.7. The van der Waals surface area contributed by atoms with Crippen LogP contribution in [0.25, 0.3) is 22.5 Å². The van der Waals surface area contributed by atoms with Crippen molar-refractivity contribution in [1.82, 2.24) is 15.0 Å². The molecule has 0 spiro atoms. The van der Waals surface area contributed by atoms with E-state index >= 15 is 0 Å². The van der Waals surface area contributed by atoms with Gasteiger partial charge in [-0.25, -0.2) is 18.2 Å². The van der Waals surface area contributed by atoms with Gasteiger partial charge in [-0.05, 0) is 81.3 Å². The molecule has 0 saturated carbocycles. The second-order valence-electron chi connectivity index (χ2n) is 9.86. The van der Waals surface area contributed by atoms with E-state index in [1.807, 2.05) is 12.1 Å². The molecule has 2 aromatic rings. The Morgan fingerprint density at radius 3 is 2.39 bits per heavy atom. The SMILES string of the molecule is CCS(=O)(=O)c1ccc(Oc2ccc(CNC(=O)OC(C)(C)C)cc2)c(-c2cc(C)n(O)c3nccc2-3)c1. The molecule has 0 unspecified atom stereocenters. The Labute approximate surface area is 222 Å². The zero-order chi connectivity index (χ0) is 27.7. The third kappa shape index (κ3) is 5.91. The van der Waals surface area contributed by atoms with Crippen molar-refractivity contribution < 1.29 is 27.9 Å². The van der Waals surface area contributed by atoms with Crippen LogP contribution in [0.5, 0.6) is 11.5 Å². The molecule has 2 aliphatic rings. The van der Waals surface area contributed by atoms with E-state index in [1.54, 1.807) is 77.2 Å². The second kappa shape index (κ2) is 10.4. The van der Waals surface area contributed by atoms with Crippen LogP contribution in [0, 0.1) is 6.92 Å². The number of fused-ring (bicyclic) bond motifs is 1. The van der Waals surface area contributed by atoms with Gasteiger partial charge in [-0.3, -0.25) is 0 Å². The van der Waals surface area contributed by atoms with Crippen LogP contribution in [0.3, 0.4) is 0 Å². The highest BCUT2D eigenvalue weighted by molar-refractivity contribution is 7.91. The molecule has 0 radical (unpaired) electrons. The minimum absolute atomic E-state index is 0.0385. The number of aromatic nitrogens is 2. The van der Waals surface area contributed by atoms with E-state index in [4.69, 9.17) is 9.47 Å². The van der Waals surface area contributed by atoms with E-state index < -0.39 is 21.5 Å². The van der Waals surface area contributed by atoms with Gasteiger partial charge in [-0.2, -0.15) is 4.73 Å². The van der Waals surface area contributed by atoms with Gasteiger partial charge in [0.15, 0.2) is 15.7 Å². The molecule has 0 aliphatic carbocycles. The number of hydrogen-bond donors (Lipinski definition) is 2. The number of nitrogens with zero attached hydrogens (tertiary/aromatic N) is 2. The predicted octanol–water partition coefficient (Wildman–Crippen LogP) is 5.81. The normalized spacial score (nSPS) is 11.9. The largest absolute Gasteiger partial charge is 0.457 e. The van der Waals surface area contributed by atoms with E-state index in [9.17, 15) is 18.4 Å². The van der Waals surface area contributed by atoms with Gasteiger partial charge >= 0.3 is 6.09 Å². The van der Waals surface area contributed by atoms with Gasteiger partial charge in [-0.1, -0.05) is 19.1 Å². The first-order valence-electron chi connectivity index (χ1n) is 12.1. The lowest BCUT2D eigenvalue weighted by Gasteiger charge is -2.19. The van der Waals surface area contributed by atoms with Crippen LogP contribution in [0.2, 0.25) is 0 Å². The highest BCUT2D eigenvalue weighted by Crippen LogP contribution is 2.41. The number of amides is 1. The molecule has 2 N–H and O–H groups in total. The fourth-order valence-electron chi connectivity index (χ4n) is 3.90. The summed E-state index contributed by atoms with van der Waals surface area (Å²) in [5, 5.41) is 13.1. The third-order valence-corrected chi connectivity index (χ3v) is 7.56. The summed E-state index contributed by atoms with van der Waals surface area (Å²) in [7, 11) is -3.48. The number of rotatable bonds is 7. The average molecular weight is 538 g/mol. The lowest BCUT2D eigenvalue weighted by Crippen LogP contribution is -2.32. The molecular formula is C28H31N3O6S. The summed E-state index contributed by atoms with van der Waals surface area (Å²) in [6, 6.07) is 15.5. The zero-order valence-electron chi connectivity index (χ0n) is 22.0. The van der Waals surface area contributed by atoms with Crippen molar-refractivity contribution in [2.24, 2.45) is 0 Å². The first kappa shape index (κ1) is 27.0. The number of carbonyl (C=O) groups is 1. The summed E-state index contributed by atoms with van der Waals surface area (Å²) < 4.78 is 37.8. The number of pyridine rings is 1. The lowest BCUT2D eigenvalue weighted by molar-refractivity contribution is 0.0523. The summed E-state index contributed by atoms with van der Waals surface area (Å²) in [5.74, 6) is 1.29. The number of nitrogens with one attached hydrogen (secondary N) is 1. The van der Waals surface area contributed by atoms with Crippen LogP contribution in [0.15, 0.2) is 65.7 Å². The molecule has 2 aliphatic heterocycles. The van der Waals surface area contributed by atoms with Crippen molar-refractivity contribution in [3.05, 3.63) is 72.1 Å². The minimum Gasteiger partial charge on any atom is -0.457 e. The Hall–Kier alpha value is -4.05. The van der Waals surface area contributed by atoms with Gasteiger partial charge in [0.2, 0.25) is 0 Å². The Morgan fingerprint density at radius 2 is 1.74 bits per heavy atom. The molecule has 1 amide bonds. The summed E-state index contributed by atoms with van der Waals surface area (Å²) in [5.41, 5.74) is 2.69. The van der Waals surface area contributed by atoms with Crippen molar-refractivity contribution in [1.29, 1.82) is 0 Å². The Bertz CT molecular complexity index is 1540. The van der Waals surface area contributed by atoms with Gasteiger partial charge in [0, 0.05) is 23.9 Å². The first-order valence-corrected chi connectivity index (χ1v) is 13.8. The van der Waals surface area contributed by atoms with Crippen LogP contribution in [0.1, 0.15) is 39.0 Å². The molecule has 200 valence electrons. The van der Waals surface area contributed by atoms with E-state index in [1.165, 1.54) is 6.07 Å². The van der Waals surface area contributed by atoms with Crippen molar-refractivity contribution in [2.45, 2.75) is 51.7 Å². The molecule has 0 atom stereocenters. The molecule has 2 heterocycles. The molecule has 4 rings (SSSR count). The topological polar surface area (TPSA) is 120 Å². The Morgan fingerprint density at radius 1 is 1.03 bits per heavy atom. The molecule has 2 aromatic carbocycles. The summed E-state index contributed by atoms with van der Waals surface area (Å²) in [4.78, 5) is 16.3. The summed E-state index contributed by atoms with van der Waals surface area (Å²) in [6.07, 6.45) is 1.08. The molecule has 0 bridgehead atoms.